The molecule has 0 aliphatic carbocycles. The molecule has 0 spiro atoms. The SMILES string of the molecule is COc1ccc(C(=O)Nc2cccc(CN(C)C(C)=O)c2)cc1S(=O)(=O)N(C)C. The smallest absolute Gasteiger partial charge is 0.255 e. The van der Waals surface area contributed by atoms with E-state index in [4.69, 9.17) is 4.74 Å². The van der Waals surface area contributed by atoms with Gasteiger partial charge in [-0.05, 0) is 35.9 Å². The van der Waals surface area contributed by atoms with Gasteiger partial charge in [0, 0.05) is 45.9 Å². The van der Waals surface area contributed by atoms with Gasteiger partial charge < -0.3 is 15.0 Å². The summed E-state index contributed by atoms with van der Waals surface area (Å²) in [6.45, 7) is 1.89. The molecule has 2 aromatic carbocycles. The highest BCUT2D eigenvalue weighted by molar-refractivity contribution is 7.89. The zero-order chi connectivity index (χ0) is 21.8. The van der Waals surface area contributed by atoms with Crippen LogP contribution in [-0.2, 0) is 21.4 Å². The lowest BCUT2D eigenvalue weighted by molar-refractivity contribution is -0.128. The Balaban J connectivity index is 2.29. The van der Waals surface area contributed by atoms with Gasteiger partial charge in [-0.2, -0.15) is 0 Å². The van der Waals surface area contributed by atoms with E-state index in [9.17, 15) is 18.0 Å². The molecule has 0 heterocycles. The van der Waals surface area contributed by atoms with Crippen LogP contribution in [0.3, 0.4) is 0 Å². The standard InChI is InChI=1S/C20H25N3O5S/c1-14(24)23(4)13-15-7-6-8-17(11-15)21-20(25)16-9-10-18(28-5)19(12-16)29(26,27)22(2)3/h6-12H,13H2,1-5H3,(H,21,25). The van der Waals surface area contributed by atoms with Gasteiger partial charge in [0.2, 0.25) is 15.9 Å². The van der Waals surface area contributed by atoms with Crippen LogP contribution in [0.1, 0.15) is 22.8 Å². The van der Waals surface area contributed by atoms with Crippen molar-refractivity contribution >= 4 is 27.5 Å². The highest BCUT2D eigenvalue weighted by Gasteiger charge is 2.24. The van der Waals surface area contributed by atoms with Crippen molar-refractivity contribution in [2.75, 3.05) is 33.6 Å². The van der Waals surface area contributed by atoms with E-state index in [0.29, 0.717) is 12.2 Å². The minimum Gasteiger partial charge on any atom is -0.495 e. The maximum Gasteiger partial charge on any atom is 0.255 e. The van der Waals surface area contributed by atoms with Gasteiger partial charge in [-0.1, -0.05) is 12.1 Å². The molecule has 0 fully saturated rings. The summed E-state index contributed by atoms with van der Waals surface area (Å²) in [4.78, 5) is 25.6. The number of carbonyl (C=O) groups is 2. The van der Waals surface area contributed by atoms with Gasteiger partial charge in [0.1, 0.15) is 10.6 Å². The molecule has 0 aliphatic rings. The van der Waals surface area contributed by atoms with Crippen LogP contribution in [-0.4, -0.2) is 57.7 Å². The number of amides is 2. The largest absolute Gasteiger partial charge is 0.495 e. The number of carbonyl (C=O) groups excluding carboxylic acids is 2. The van der Waals surface area contributed by atoms with Crippen LogP contribution in [0.2, 0.25) is 0 Å². The van der Waals surface area contributed by atoms with E-state index in [-0.39, 0.29) is 22.1 Å². The van der Waals surface area contributed by atoms with Crippen LogP contribution in [0.5, 0.6) is 5.75 Å². The third kappa shape index (κ3) is 5.33. The molecule has 2 rings (SSSR count). The van der Waals surface area contributed by atoms with E-state index in [1.54, 1.807) is 30.1 Å². The number of hydrogen-bond acceptors (Lipinski definition) is 5. The Kier molecular flexibility index (Phi) is 6.99. The average molecular weight is 420 g/mol. The third-order valence-corrected chi connectivity index (χ3v) is 6.16. The summed E-state index contributed by atoms with van der Waals surface area (Å²) in [7, 11) is 2.09. The Morgan fingerprint density at radius 3 is 2.34 bits per heavy atom. The Labute approximate surface area is 171 Å². The number of hydrogen-bond donors (Lipinski definition) is 1. The van der Waals surface area contributed by atoms with E-state index in [1.165, 1.54) is 46.3 Å². The Hall–Kier alpha value is -2.91. The predicted molar refractivity (Wildman–Crippen MR) is 110 cm³/mol. The number of ether oxygens (including phenoxy) is 1. The van der Waals surface area contributed by atoms with Gasteiger partial charge in [0.15, 0.2) is 0 Å². The minimum atomic E-state index is -3.79. The van der Waals surface area contributed by atoms with Gasteiger partial charge in [-0.15, -0.1) is 0 Å². The molecule has 0 aliphatic heterocycles. The number of sulfonamides is 1. The highest BCUT2D eigenvalue weighted by Crippen LogP contribution is 2.27. The highest BCUT2D eigenvalue weighted by atomic mass is 32.2. The van der Waals surface area contributed by atoms with E-state index in [0.717, 1.165) is 9.87 Å². The Morgan fingerprint density at radius 1 is 1.07 bits per heavy atom. The van der Waals surface area contributed by atoms with E-state index < -0.39 is 15.9 Å². The molecule has 8 nitrogen and oxygen atoms in total. The summed E-state index contributed by atoms with van der Waals surface area (Å²) in [5.74, 6) is -0.364. The molecule has 0 unspecified atom stereocenters. The fourth-order valence-electron chi connectivity index (χ4n) is 2.55. The molecule has 0 radical (unpaired) electrons. The second-order valence-corrected chi connectivity index (χ2v) is 8.80. The van der Waals surface area contributed by atoms with Gasteiger partial charge in [0.05, 0.1) is 7.11 Å². The second kappa shape index (κ2) is 9.06. The quantitative estimate of drug-likeness (QED) is 0.742. The van der Waals surface area contributed by atoms with Crippen molar-refractivity contribution in [1.29, 1.82) is 0 Å². The second-order valence-electron chi connectivity index (χ2n) is 6.68. The lowest BCUT2D eigenvalue weighted by Crippen LogP contribution is -2.23. The van der Waals surface area contributed by atoms with E-state index >= 15 is 0 Å². The van der Waals surface area contributed by atoms with E-state index in [1.807, 2.05) is 6.07 Å². The molecule has 0 bridgehead atoms. The lowest BCUT2D eigenvalue weighted by Gasteiger charge is -2.16. The topological polar surface area (TPSA) is 96.0 Å². The van der Waals surface area contributed by atoms with Gasteiger partial charge in [0.25, 0.3) is 5.91 Å². The fraction of sp³-hybridized carbons (Fsp3) is 0.300. The molecule has 156 valence electrons. The van der Waals surface area contributed by atoms with Crippen LogP contribution in [0, 0.1) is 0 Å². The summed E-state index contributed by atoms with van der Waals surface area (Å²) in [6, 6.07) is 11.3. The fourth-order valence-corrected chi connectivity index (χ4v) is 3.63. The predicted octanol–water partition coefficient (Wildman–Crippen LogP) is 2.18. The first-order valence-corrected chi connectivity index (χ1v) is 10.2. The summed E-state index contributed by atoms with van der Waals surface area (Å²) in [6.07, 6.45) is 0. The first-order valence-electron chi connectivity index (χ1n) is 8.79. The average Bonchev–Trinajstić information content (AvgIpc) is 2.67. The maximum atomic E-state index is 12.7. The first kappa shape index (κ1) is 22.4. The molecule has 0 atom stereocenters. The van der Waals surface area contributed by atoms with Crippen molar-refractivity contribution in [2.24, 2.45) is 0 Å². The molecular formula is C20H25N3O5S. The van der Waals surface area contributed by atoms with Crippen LogP contribution in [0.25, 0.3) is 0 Å². The molecule has 29 heavy (non-hydrogen) atoms. The molecule has 0 saturated carbocycles. The summed E-state index contributed by atoms with van der Waals surface area (Å²) < 4.78 is 31.3. The zero-order valence-corrected chi connectivity index (χ0v) is 17.9. The molecule has 0 saturated heterocycles. The molecule has 1 N–H and O–H groups in total. The first-order chi connectivity index (χ1) is 13.6. The normalized spacial score (nSPS) is 11.2. The maximum absolute atomic E-state index is 12.7. The van der Waals surface area contributed by atoms with Crippen molar-refractivity contribution < 1.29 is 22.7 Å². The number of nitrogens with one attached hydrogen (secondary N) is 1. The molecule has 2 amide bonds. The van der Waals surface area contributed by atoms with Crippen LogP contribution < -0.4 is 10.1 Å². The molecule has 2 aromatic rings. The van der Waals surface area contributed by atoms with Crippen molar-refractivity contribution in [3.8, 4) is 5.75 Å². The summed E-state index contributed by atoms with van der Waals surface area (Å²) >= 11 is 0. The third-order valence-electron chi connectivity index (χ3n) is 4.33. The summed E-state index contributed by atoms with van der Waals surface area (Å²) in [5.41, 5.74) is 1.57. The van der Waals surface area contributed by atoms with E-state index in [2.05, 4.69) is 5.32 Å². The minimum absolute atomic E-state index is 0.0627. The Morgan fingerprint density at radius 2 is 1.76 bits per heavy atom. The molecular weight excluding hydrogens is 394 g/mol. The van der Waals surface area contributed by atoms with Crippen molar-refractivity contribution in [1.82, 2.24) is 9.21 Å². The van der Waals surface area contributed by atoms with Crippen molar-refractivity contribution in [3.63, 3.8) is 0 Å². The monoisotopic (exact) mass is 419 g/mol. The number of anilines is 1. The van der Waals surface area contributed by atoms with Gasteiger partial charge >= 0.3 is 0 Å². The number of benzene rings is 2. The summed E-state index contributed by atoms with van der Waals surface area (Å²) in [5, 5.41) is 2.75. The van der Waals surface area contributed by atoms with Crippen LogP contribution in [0.4, 0.5) is 5.69 Å². The van der Waals surface area contributed by atoms with Gasteiger partial charge in [-0.25, -0.2) is 12.7 Å². The molecule has 9 heteroatoms. The number of rotatable bonds is 7. The Bertz CT molecular complexity index is 1020. The molecule has 0 aromatic heterocycles. The van der Waals surface area contributed by atoms with Gasteiger partial charge in [-0.3, -0.25) is 9.59 Å². The lowest BCUT2D eigenvalue weighted by atomic mass is 10.1. The van der Waals surface area contributed by atoms with Crippen molar-refractivity contribution in [3.05, 3.63) is 53.6 Å². The van der Waals surface area contributed by atoms with Crippen LogP contribution in [0.15, 0.2) is 47.4 Å². The number of nitrogens with zero attached hydrogens (tertiary/aromatic N) is 2. The number of methoxy groups -OCH3 is 1. The van der Waals surface area contributed by atoms with Crippen molar-refractivity contribution in [2.45, 2.75) is 18.4 Å². The van der Waals surface area contributed by atoms with Crippen LogP contribution >= 0.6 is 0 Å². The zero-order valence-electron chi connectivity index (χ0n) is 17.1.